The van der Waals surface area contributed by atoms with Gasteiger partial charge in [0.2, 0.25) is 0 Å². The molecule has 0 atom stereocenters. The minimum Gasteiger partial charge on any atom is -0.440 e. The Morgan fingerprint density at radius 2 is 1.66 bits per heavy atom. The van der Waals surface area contributed by atoms with Crippen LogP contribution in [0.1, 0.15) is 29.9 Å². The van der Waals surface area contributed by atoms with Crippen LogP contribution in [0.4, 0.5) is 17.6 Å². The number of imidazole rings is 1. The van der Waals surface area contributed by atoms with Crippen LogP contribution < -0.4 is 4.74 Å². The number of benzene rings is 3. The first-order valence-corrected chi connectivity index (χ1v) is 15.2. The second-order valence-corrected chi connectivity index (χ2v) is 12.1. The molecular formula is C31H27F4N3O5S. The summed E-state index contributed by atoms with van der Waals surface area (Å²) in [4.78, 5) is 8.75. The highest BCUT2D eigenvalue weighted by atomic mass is 32.2. The topological polar surface area (TPSA) is 107 Å². The van der Waals surface area contributed by atoms with Crippen molar-refractivity contribution in [1.29, 1.82) is 0 Å². The van der Waals surface area contributed by atoms with Crippen LogP contribution in [0.5, 0.6) is 5.75 Å². The SMILES string of the molecule is CCc1nc(-c2ccc(OC(F)(F)F)cc2)c(-c2cc(-c3cc(F)c(CO)c(S(C)(=O)=O)c3)ccc2-n2cc(C)nc2C)o1. The van der Waals surface area contributed by atoms with Crippen molar-refractivity contribution in [3.63, 3.8) is 0 Å². The number of ether oxygens (including phenoxy) is 1. The molecule has 0 unspecified atom stereocenters. The molecule has 2 heterocycles. The van der Waals surface area contributed by atoms with E-state index in [0.29, 0.717) is 46.2 Å². The molecule has 2 aromatic heterocycles. The van der Waals surface area contributed by atoms with Gasteiger partial charge in [0.1, 0.15) is 23.1 Å². The number of alkyl halides is 3. The van der Waals surface area contributed by atoms with E-state index in [1.54, 1.807) is 18.2 Å². The molecule has 0 saturated heterocycles. The van der Waals surface area contributed by atoms with Gasteiger partial charge in [-0.05, 0) is 73.5 Å². The lowest BCUT2D eigenvalue weighted by Crippen LogP contribution is -2.16. The van der Waals surface area contributed by atoms with Crippen LogP contribution in [-0.2, 0) is 22.9 Å². The van der Waals surface area contributed by atoms with Crippen LogP contribution in [0.15, 0.2) is 70.1 Å². The molecule has 0 bridgehead atoms. The van der Waals surface area contributed by atoms with Gasteiger partial charge in [0, 0.05) is 35.6 Å². The highest BCUT2D eigenvalue weighted by Gasteiger charge is 2.31. The Morgan fingerprint density at radius 3 is 2.23 bits per heavy atom. The number of sulfone groups is 1. The molecule has 0 aliphatic heterocycles. The normalized spacial score (nSPS) is 12.1. The molecule has 44 heavy (non-hydrogen) atoms. The first-order chi connectivity index (χ1) is 20.7. The summed E-state index contributed by atoms with van der Waals surface area (Å²) in [6, 6.07) is 12.8. The second-order valence-electron chi connectivity index (χ2n) is 10.1. The van der Waals surface area contributed by atoms with Crippen molar-refractivity contribution in [3.05, 3.63) is 89.6 Å². The van der Waals surface area contributed by atoms with Gasteiger partial charge in [-0.15, -0.1) is 13.2 Å². The zero-order valence-electron chi connectivity index (χ0n) is 24.0. The van der Waals surface area contributed by atoms with Gasteiger partial charge >= 0.3 is 6.36 Å². The number of oxazole rings is 1. The van der Waals surface area contributed by atoms with E-state index in [-0.39, 0.29) is 21.8 Å². The Kier molecular flexibility index (Phi) is 8.12. The summed E-state index contributed by atoms with van der Waals surface area (Å²) in [5.41, 5.74) is 2.95. The predicted molar refractivity (Wildman–Crippen MR) is 154 cm³/mol. The summed E-state index contributed by atoms with van der Waals surface area (Å²) in [6.45, 7) is 4.67. The molecule has 13 heteroatoms. The minimum atomic E-state index is -4.85. The van der Waals surface area contributed by atoms with Gasteiger partial charge < -0.3 is 18.8 Å². The van der Waals surface area contributed by atoms with Crippen molar-refractivity contribution in [2.24, 2.45) is 0 Å². The zero-order valence-corrected chi connectivity index (χ0v) is 24.8. The largest absolute Gasteiger partial charge is 0.573 e. The van der Waals surface area contributed by atoms with Crippen molar-refractivity contribution < 1.29 is 40.2 Å². The van der Waals surface area contributed by atoms with Crippen LogP contribution >= 0.6 is 0 Å². The molecule has 0 fully saturated rings. The number of aliphatic hydroxyl groups is 1. The number of nitrogens with zero attached hydrogens (tertiary/aromatic N) is 3. The summed E-state index contributed by atoms with van der Waals surface area (Å²) < 4.78 is 90.3. The molecule has 8 nitrogen and oxygen atoms in total. The monoisotopic (exact) mass is 629 g/mol. The van der Waals surface area contributed by atoms with Crippen LogP contribution in [0.2, 0.25) is 0 Å². The van der Waals surface area contributed by atoms with Crippen LogP contribution in [-0.4, -0.2) is 40.7 Å². The van der Waals surface area contributed by atoms with Crippen LogP contribution in [0, 0.1) is 19.7 Å². The Bertz CT molecular complexity index is 1960. The summed E-state index contributed by atoms with van der Waals surface area (Å²) in [5, 5.41) is 9.65. The Balaban J connectivity index is 1.75. The zero-order chi connectivity index (χ0) is 32.0. The fourth-order valence-corrected chi connectivity index (χ4v) is 5.89. The third-order valence-corrected chi connectivity index (χ3v) is 8.05. The number of aryl methyl sites for hydroxylation is 3. The van der Waals surface area contributed by atoms with Crippen molar-refractivity contribution in [3.8, 4) is 45.1 Å². The highest BCUT2D eigenvalue weighted by Crippen LogP contribution is 2.40. The molecule has 0 saturated carbocycles. The molecule has 5 rings (SSSR count). The third-order valence-electron chi connectivity index (χ3n) is 6.88. The van der Waals surface area contributed by atoms with Crippen molar-refractivity contribution >= 4 is 9.84 Å². The van der Waals surface area contributed by atoms with Crippen molar-refractivity contribution in [1.82, 2.24) is 14.5 Å². The van der Waals surface area contributed by atoms with E-state index >= 15 is 4.39 Å². The Morgan fingerprint density at radius 1 is 0.977 bits per heavy atom. The lowest BCUT2D eigenvalue weighted by atomic mass is 9.97. The maximum atomic E-state index is 15.1. The maximum absolute atomic E-state index is 15.1. The van der Waals surface area contributed by atoms with Gasteiger partial charge in [-0.25, -0.2) is 22.8 Å². The number of rotatable bonds is 8. The number of aliphatic hydroxyl groups excluding tert-OH is 1. The van der Waals surface area contributed by atoms with Gasteiger partial charge in [-0.3, -0.25) is 0 Å². The summed E-state index contributed by atoms with van der Waals surface area (Å²) in [7, 11) is -3.89. The summed E-state index contributed by atoms with van der Waals surface area (Å²) in [5.74, 6) is 0.0127. The van der Waals surface area contributed by atoms with E-state index in [1.165, 1.54) is 30.3 Å². The Hall–Kier alpha value is -4.49. The van der Waals surface area contributed by atoms with E-state index in [4.69, 9.17) is 4.42 Å². The van der Waals surface area contributed by atoms with E-state index < -0.39 is 34.4 Å². The average molecular weight is 630 g/mol. The first kappa shape index (κ1) is 31.0. The van der Waals surface area contributed by atoms with Gasteiger partial charge in [0.25, 0.3) is 0 Å². The molecule has 5 aromatic rings. The molecule has 1 N–H and O–H groups in total. The van der Waals surface area contributed by atoms with Gasteiger partial charge in [-0.2, -0.15) is 0 Å². The van der Waals surface area contributed by atoms with Gasteiger partial charge in [0.05, 0.1) is 22.9 Å². The third kappa shape index (κ3) is 6.24. The molecule has 0 amide bonds. The molecular weight excluding hydrogens is 602 g/mol. The molecule has 0 radical (unpaired) electrons. The Labute approximate surface area is 250 Å². The lowest BCUT2D eigenvalue weighted by Gasteiger charge is -2.15. The first-order valence-electron chi connectivity index (χ1n) is 13.4. The summed E-state index contributed by atoms with van der Waals surface area (Å²) >= 11 is 0. The van der Waals surface area contributed by atoms with E-state index in [0.717, 1.165) is 18.0 Å². The smallest absolute Gasteiger partial charge is 0.440 e. The van der Waals surface area contributed by atoms with Crippen molar-refractivity contribution in [2.75, 3.05) is 6.26 Å². The molecule has 0 spiro atoms. The number of aromatic nitrogens is 3. The average Bonchev–Trinajstić information content (AvgIpc) is 3.53. The summed E-state index contributed by atoms with van der Waals surface area (Å²) in [6.07, 6.45) is -1.70. The maximum Gasteiger partial charge on any atom is 0.573 e. The van der Waals surface area contributed by atoms with Gasteiger partial charge in [0.15, 0.2) is 21.5 Å². The lowest BCUT2D eigenvalue weighted by molar-refractivity contribution is -0.274. The van der Waals surface area contributed by atoms with Crippen LogP contribution in [0.3, 0.4) is 0 Å². The van der Waals surface area contributed by atoms with Gasteiger partial charge in [-0.1, -0.05) is 13.0 Å². The fourth-order valence-electron chi connectivity index (χ4n) is 4.94. The fraction of sp³-hybridized carbons (Fsp3) is 0.226. The minimum absolute atomic E-state index is 0.233. The standard InChI is InChI=1S/C31H27F4N3O5S/c1-5-28-37-29(19-6-9-22(10-7-19)43-31(33,34)35)30(42-28)23-12-20(8-11-26(23)38-15-17(2)36-18(38)3)21-13-25(32)24(16-39)27(14-21)44(4,40)41/h6-15,39H,5,16H2,1-4H3. The predicted octanol–water partition coefficient (Wildman–Crippen LogP) is 6.97. The number of hydrogen-bond acceptors (Lipinski definition) is 7. The van der Waals surface area contributed by atoms with Crippen LogP contribution in [0.25, 0.3) is 39.4 Å². The molecule has 0 aliphatic carbocycles. The van der Waals surface area contributed by atoms with E-state index in [1.807, 2.05) is 31.5 Å². The number of hydrogen-bond donors (Lipinski definition) is 1. The second kappa shape index (κ2) is 11.5. The quantitative estimate of drug-likeness (QED) is 0.185. The van der Waals surface area contributed by atoms with E-state index in [9.17, 15) is 26.7 Å². The van der Waals surface area contributed by atoms with Crippen molar-refractivity contribution in [2.45, 2.75) is 45.1 Å². The highest BCUT2D eigenvalue weighted by molar-refractivity contribution is 7.90. The van der Waals surface area contributed by atoms with E-state index in [2.05, 4.69) is 14.7 Å². The molecule has 230 valence electrons. The number of halogens is 4. The molecule has 3 aromatic carbocycles. The molecule has 0 aliphatic rings.